The van der Waals surface area contributed by atoms with Crippen LogP contribution in [0, 0.1) is 12.8 Å². The summed E-state index contributed by atoms with van der Waals surface area (Å²) in [5.41, 5.74) is 1.43. The standard InChI is InChI=1S/C23H27N3O7S/c1-14-7-19-20(33-13-22(27)25-19)11-21(14)34(29,30)26-6-4-5-15(12-26)23(28)24-16-8-17(31-2)10-18(9-16)32-3/h7-11,15H,4-6,12-13H2,1-3H3,(H,24,28)(H,25,27)/t15-/m1/s1. The largest absolute Gasteiger partial charge is 0.497 e. The minimum atomic E-state index is -3.88. The van der Waals surface area contributed by atoms with Crippen LogP contribution in [-0.2, 0) is 19.6 Å². The SMILES string of the molecule is COc1cc(NC(=O)[C@@H]2CCCN(S(=O)(=O)c3cc4c(cc3C)NC(=O)CO4)C2)cc(OC)c1. The lowest BCUT2D eigenvalue weighted by molar-refractivity contribution is -0.121. The molecule has 2 N–H and O–H groups in total. The molecule has 2 heterocycles. The maximum atomic E-state index is 13.5. The van der Waals surface area contributed by atoms with Gasteiger partial charge in [-0.05, 0) is 31.4 Å². The summed E-state index contributed by atoms with van der Waals surface area (Å²) in [6, 6.07) is 8.07. The molecule has 1 saturated heterocycles. The zero-order valence-corrected chi connectivity index (χ0v) is 20.0. The Labute approximate surface area is 198 Å². The molecule has 2 aromatic rings. The van der Waals surface area contributed by atoms with E-state index in [2.05, 4.69) is 10.6 Å². The van der Waals surface area contributed by atoms with Gasteiger partial charge in [-0.2, -0.15) is 4.31 Å². The van der Waals surface area contributed by atoms with Crippen LogP contribution >= 0.6 is 0 Å². The Morgan fingerprint density at radius 2 is 1.85 bits per heavy atom. The first-order chi connectivity index (χ1) is 16.2. The minimum Gasteiger partial charge on any atom is -0.497 e. The van der Waals surface area contributed by atoms with Gasteiger partial charge in [0.15, 0.2) is 6.61 Å². The van der Waals surface area contributed by atoms with Gasteiger partial charge in [0.05, 0.1) is 30.7 Å². The van der Waals surface area contributed by atoms with Crippen molar-refractivity contribution in [3.05, 3.63) is 35.9 Å². The summed E-state index contributed by atoms with van der Waals surface area (Å²) in [6.07, 6.45) is 1.12. The highest BCUT2D eigenvalue weighted by Gasteiger charge is 2.35. The third-order valence-corrected chi connectivity index (χ3v) is 7.91. The van der Waals surface area contributed by atoms with E-state index in [1.807, 2.05) is 0 Å². The van der Waals surface area contributed by atoms with Crippen LogP contribution in [0.25, 0.3) is 0 Å². The van der Waals surface area contributed by atoms with Gasteiger partial charge >= 0.3 is 0 Å². The van der Waals surface area contributed by atoms with E-state index in [1.165, 1.54) is 24.6 Å². The Hall–Kier alpha value is -3.31. The first kappa shape index (κ1) is 23.8. The van der Waals surface area contributed by atoms with Crippen LogP contribution in [0.2, 0.25) is 0 Å². The fraction of sp³-hybridized carbons (Fsp3) is 0.391. The number of nitrogens with one attached hydrogen (secondary N) is 2. The maximum absolute atomic E-state index is 13.5. The molecule has 0 saturated carbocycles. The summed E-state index contributed by atoms with van der Waals surface area (Å²) in [6.45, 7) is 1.87. The average molecular weight is 490 g/mol. The van der Waals surface area contributed by atoms with Crippen LogP contribution in [0.1, 0.15) is 18.4 Å². The molecule has 2 aliphatic rings. The number of sulfonamides is 1. The Kier molecular flexibility index (Phi) is 6.67. The molecule has 1 fully saturated rings. The van der Waals surface area contributed by atoms with Crippen molar-refractivity contribution in [2.24, 2.45) is 5.92 Å². The number of nitrogens with zero attached hydrogens (tertiary/aromatic N) is 1. The van der Waals surface area contributed by atoms with Crippen molar-refractivity contribution < 1.29 is 32.2 Å². The molecule has 2 amide bonds. The highest BCUT2D eigenvalue weighted by molar-refractivity contribution is 7.89. The Balaban J connectivity index is 1.52. The first-order valence-corrected chi connectivity index (χ1v) is 12.3. The van der Waals surface area contributed by atoms with Gasteiger partial charge in [0.2, 0.25) is 15.9 Å². The summed E-state index contributed by atoms with van der Waals surface area (Å²) in [5, 5.41) is 5.53. The lowest BCUT2D eigenvalue weighted by Crippen LogP contribution is -2.43. The number of anilines is 2. The van der Waals surface area contributed by atoms with Crippen molar-refractivity contribution >= 4 is 33.2 Å². The van der Waals surface area contributed by atoms with E-state index >= 15 is 0 Å². The molecule has 0 bridgehead atoms. The second-order valence-corrected chi connectivity index (χ2v) is 10.1. The van der Waals surface area contributed by atoms with Crippen LogP contribution in [-0.4, -0.2) is 58.5 Å². The molecule has 34 heavy (non-hydrogen) atoms. The monoisotopic (exact) mass is 489 g/mol. The van der Waals surface area contributed by atoms with Crippen molar-refractivity contribution in [3.8, 4) is 17.2 Å². The molecule has 1 atom stereocenters. The van der Waals surface area contributed by atoms with Crippen LogP contribution in [0.3, 0.4) is 0 Å². The molecule has 10 nitrogen and oxygen atoms in total. The number of hydrogen-bond donors (Lipinski definition) is 2. The number of carbonyl (C=O) groups is 2. The van der Waals surface area contributed by atoms with Crippen LogP contribution < -0.4 is 24.8 Å². The number of carbonyl (C=O) groups excluding carboxylic acids is 2. The number of amides is 2. The van der Waals surface area contributed by atoms with Gasteiger partial charge in [0, 0.05) is 43.0 Å². The molecule has 182 valence electrons. The average Bonchev–Trinajstić information content (AvgIpc) is 2.83. The minimum absolute atomic E-state index is 0.0589. The fourth-order valence-corrected chi connectivity index (χ4v) is 5.88. The van der Waals surface area contributed by atoms with Crippen LogP contribution in [0.15, 0.2) is 35.2 Å². The lowest BCUT2D eigenvalue weighted by atomic mass is 9.98. The number of hydrogen-bond acceptors (Lipinski definition) is 7. The normalized spacial score (nSPS) is 18.3. The Morgan fingerprint density at radius 3 is 2.53 bits per heavy atom. The predicted octanol–water partition coefficient (Wildman–Crippen LogP) is 2.38. The molecule has 2 aliphatic heterocycles. The second kappa shape index (κ2) is 9.51. The number of rotatable bonds is 6. The van der Waals surface area contributed by atoms with Crippen molar-refractivity contribution in [1.82, 2.24) is 4.31 Å². The number of aryl methyl sites for hydroxylation is 1. The molecule has 4 rings (SSSR count). The third-order valence-electron chi connectivity index (χ3n) is 5.90. The van der Waals surface area contributed by atoms with Crippen molar-refractivity contribution in [2.75, 3.05) is 44.5 Å². The van der Waals surface area contributed by atoms with E-state index in [1.54, 1.807) is 31.2 Å². The zero-order chi connectivity index (χ0) is 24.5. The number of ether oxygens (including phenoxy) is 3. The molecule has 0 radical (unpaired) electrons. The number of fused-ring (bicyclic) bond motifs is 1. The zero-order valence-electron chi connectivity index (χ0n) is 19.2. The van der Waals surface area contributed by atoms with E-state index in [0.29, 0.717) is 53.6 Å². The van der Waals surface area contributed by atoms with Gasteiger partial charge in [-0.25, -0.2) is 8.42 Å². The van der Waals surface area contributed by atoms with E-state index in [9.17, 15) is 18.0 Å². The van der Waals surface area contributed by atoms with Gasteiger partial charge in [-0.15, -0.1) is 0 Å². The highest BCUT2D eigenvalue weighted by Crippen LogP contribution is 2.35. The predicted molar refractivity (Wildman–Crippen MR) is 125 cm³/mol. The van der Waals surface area contributed by atoms with Crippen molar-refractivity contribution in [1.29, 1.82) is 0 Å². The molecule has 0 aromatic heterocycles. The van der Waals surface area contributed by atoms with Crippen molar-refractivity contribution in [2.45, 2.75) is 24.7 Å². The molecular weight excluding hydrogens is 462 g/mol. The maximum Gasteiger partial charge on any atom is 0.262 e. The van der Waals surface area contributed by atoms with Gasteiger partial charge in [0.1, 0.15) is 17.2 Å². The number of methoxy groups -OCH3 is 2. The van der Waals surface area contributed by atoms with Crippen molar-refractivity contribution in [3.63, 3.8) is 0 Å². The Bertz CT molecular complexity index is 1210. The molecule has 0 unspecified atom stereocenters. The summed E-state index contributed by atoms with van der Waals surface area (Å²) in [4.78, 5) is 24.6. The van der Waals surface area contributed by atoms with Gasteiger partial charge in [-0.3, -0.25) is 9.59 Å². The fourth-order valence-electron chi connectivity index (χ4n) is 4.13. The van der Waals surface area contributed by atoms with Crippen LogP contribution in [0.4, 0.5) is 11.4 Å². The topological polar surface area (TPSA) is 123 Å². The molecule has 0 aliphatic carbocycles. The lowest BCUT2D eigenvalue weighted by Gasteiger charge is -2.32. The quantitative estimate of drug-likeness (QED) is 0.639. The van der Waals surface area contributed by atoms with E-state index in [4.69, 9.17) is 14.2 Å². The summed E-state index contributed by atoms with van der Waals surface area (Å²) in [5.74, 6) is 0.285. The molecule has 11 heteroatoms. The molecule has 0 spiro atoms. The molecular formula is C23H27N3O7S. The third kappa shape index (κ3) is 4.80. The Morgan fingerprint density at radius 1 is 1.15 bits per heavy atom. The number of benzene rings is 2. The first-order valence-electron chi connectivity index (χ1n) is 10.8. The van der Waals surface area contributed by atoms with E-state index in [-0.39, 0.29) is 29.9 Å². The smallest absolute Gasteiger partial charge is 0.262 e. The van der Waals surface area contributed by atoms with Gasteiger partial charge in [0.25, 0.3) is 5.91 Å². The summed E-state index contributed by atoms with van der Waals surface area (Å²) >= 11 is 0. The summed E-state index contributed by atoms with van der Waals surface area (Å²) in [7, 11) is -0.840. The number of piperidine rings is 1. The highest BCUT2D eigenvalue weighted by atomic mass is 32.2. The van der Waals surface area contributed by atoms with Crippen LogP contribution in [0.5, 0.6) is 17.2 Å². The second-order valence-electron chi connectivity index (χ2n) is 8.24. The summed E-state index contributed by atoms with van der Waals surface area (Å²) < 4.78 is 44.2. The van der Waals surface area contributed by atoms with E-state index < -0.39 is 15.9 Å². The van der Waals surface area contributed by atoms with Gasteiger partial charge < -0.3 is 24.8 Å². The van der Waals surface area contributed by atoms with Gasteiger partial charge in [-0.1, -0.05) is 0 Å². The van der Waals surface area contributed by atoms with E-state index in [0.717, 1.165) is 0 Å². The molecule has 2 aromatic carbocycles.